The molecule has 1 unspecified atom stereocenters. The summed E-state index contributed by atoms with van der Waals surface area (Å²) in [6, 6.07) is 4.26. The van der Waals surface area contributed by atoms with Crippen molar-refractivity contribution < 1.29 is 22.7 Å². The first-order valence-electron chi connectivity index (χ1n) is 9.74. The average molecular weight is 407 g/mol. The molecule has 1 amide bonds. The quantitative estimate of drug-likeness (QED) is 0.749. The number of hydrogen-bond acceptors (Lipinski definition) is 4. The van der Waals surface area contributed by atoms with E-state index >= 15 is 0 Å². The van der Waals surface area contributed by atoms with Gasteiger partial charge in [0.15, 0.2) is 0 Å². The molecule has 156 valence electrons. The smallest absolute Gasteiger partial charge is 0.418 e. The fourth-order valence-electron chi connectivity index (χ4n) is 3.50. The molecule has 1 N–H and O–H groups in total. The van der Waals surface area contributed by atoms with Crippen LogP contribution >= 0.6 is 0 Å². The van der Waals surface area contributed by atoms with Gasteiger partial charge in [-0.15, -0.1) is 0 Å². The van der Waals surface area contributed by atoms with Crippen LogP contribution in [0.4, 0.5) is 13.2 Å². The van der Waals surface area contributed by atoms with Crippen LogP contribution in [0.3, 0.4) is 0 Å². The number of ether oxygens (including phenoxy) is 1. The van der Waals surface area contributed by atoms with E-state index in [1.807, 2.05) is 6.92 Å². The van der Waals surface area contributed by atoms with Gasteiger partial charge in [-0.2, -0.15) is 13.2 Å². The number of amides is 1. The number of hydrogen-bond donors (Lipinski definition) is 1. The van der Waals surface area contributed by atoms with E-state index in [0.29, 0.717) is 17.2 Å². The van der Waals surface area contributed by atoms with Gasteiger partial charge in [-0.3, -0.25) is 14.8 Å². The summed E-state index contributed by atoms with van der Waals surface area (Å²) in [5, 5.41) is 3.04. The highest BCUT2D eigenvalue weighted by atomic mass is 19.4. The van der Waals surface area contributed by atoms with Crippen molar-refractivity contribution in [3.05, 3.63) is 53.6 Å². The highest BCUT2D eigenvalue weighted by molar-refractivity contribution is 5.94. The van der Waals surface area contributed by atoms with Gasteiger partial charge in [-0.25, -0.2) is 0 Å². The van der Waals surface area contributed by atoms with Crippen molar-refractivity contribution in [2.45, 2.75) is 57.9 Å². The number of nitrogens with one attached hydrogen (secondary N) is 1. The van der Waals surface area contributed by atoms with Crippen LogP contribution in [0, 0.1) is 5.92 Å². The minimum atomic E-state index is -4.48. The lowest BCUT2D eigenvalue weighted by atomic mass is 9.84. The van der Waals surface area contributed by atoms with Gasteiger partial charge in [0.2, 0.25) is 0 Å². The lowest BCUT2D eigenvalue weighted by Gasteiger charge is -2.28. The number of halogens is 3. The number of carbonyl (C=O) groups excluding carboxylic acids is 1. The van der Waals surface area contributed by atoms with Crippen LogP contribution < -0.4 is 10.1 Å². The van der Waals surface area contributed by atoms with Crippen LogP contribution in [0.15, 0.2) is 36.8 Å². The summed E-state index contributed by atoms with van der Waals surface area (Å²) in [6.45, 7) is 2.01. The van der Waals surface area contributed by atoms with Gasteiger partial charge in [0.25, 0.3) is 5.91 Å². The van der Waals surface area contributed by atoms with Crippen molar-refractivity contribution in [3.8, 4) is 5.75 Å². The van der Waals surface area contributed by atoms with Crippen molar-refractivity contribution >= 4 is 5.91 Å². The summed E-state index contributed by atoms with van der Waals surface area (Å²) < 4.78 is 43.5. The zero-order valence-corrected chi connectivity index (χ0v) is 16.2. The maximum Gasteiger partial charge on any atom is 0.418 e. The molecule has 5 nitrogen and oxygen atoms in total. The molecular formula is C21H24F3N3O2. The third kappa shape index (κ3) is 5.92. The maximum absolute atomic E-state index is 12.7. The summed E-state index contributed by atoms with van der Waals surface area (Å²) in [6.07, 6.45) is 4.89. The molecule has 0 aliphatic heterocycles. The molecule has 1 fully saturated rings. The van der Waals surface area contributed by atoms with Crippen LogP contribution in [0.1, 0.15) is 60.6 Å². The Balaban J connectivity index is 1.54. The van der Waals surface area contributed by atoms with Crippen molar-refractivity contribution in [2.75, 3.05) is 0 Å². The molecule has 0 bridgehead atoms. The Kier molecular flexibility index (Phi) is 6.71. The normalized spacial score (nSPS) is 16.3. The van der Waals surface area contributed by atoms with Gasteiger partial charge < -0.3 is 10.1 Å². The summed E-state index contributed by atoms with van der Waals surface area (Å²) in [5.74, 6) is 0.337. The topological polar surface area (TPSA) is 64.1 Å². The van der Waals surface area contributed by atoms with E-state index in [2.05, 4.69) is 15.3 Å². The highest BCUT2D eigenvalue weighted by Gasteiger charge is 2.31. The molecule has 1 atom stereocenters. The minimum Gasteiger partial charge on any atom is -0.486 e. The van der Waals surface area contributed by atoms with Gasteiger partial charge in [-0.1, -0.05) is 19.3 Å². The van der Waals surface area contributed by atoms with Gasteiger partial charge in [0, 0.05) is 18.4 Å². The molecule has 0 spiro atoms. The molecule has 2 heterocycles. The van der Waals surface area contributed by atoms with Gasteiger partial charge in [0.05, 0.1) is 23.0 Å². The molecule has 3 rings (SSSR count). The van der Waals surface area contributed by atoms with Crippen molar-refractivity contribution in [1.29, 1.82) is 0 Å². The Morgan fingerprint density at radius 2 is 1.97 bits per heavy atom. The Bertz CT molecular complexity index is 819. The minimum absolute atomic E-state index is 0.00440. The first-order chi connectivity index (χ1) is 13.8. The molecule has 1 saturated carbocycles. The molecular weight excluding hydrogens is 383 g/mol. The van der Waals surface area contributed by atoms with E-state index in [0.717, 1.165) is 25.1 Å². The number of alkyl halides is 3. The highest BCUT2D eigenvalue weighted by Crippen LogP contribution is 2.30. The van der Waals surface area contributed by atoms with Crippen molar-refractivity contribution in [3.63, 3.8) is 0 Å². The fourth-order valence-corrected chi connectivity index (χ4v) is 3.50. The standard InChI is InChI=1S/C21H24F3N3O2/c1-14(15-5-3-2-4-6-15)27-20(28)16-7-8-18(26-10-16)13-29-19-9-17(11-25-12-19)21(22,23)24/h7-12,14-15H,2-6,13H2,1H3,(H,27,28). The average Bonchev–Trinajstić information content (AvgIpc) is 2.73. The molecule has 0 radical (unpaired) electrons. The maximum atomic E-state index is 12.7. The predicted molar refractivity (Wildman–Crippen MR) is 101 cm³/mol. The number of pyridine rings is 2. The largest absolute Gasteiger partial charge is 0.486 e. The Morgan fingerprint density at radius 1 is 1.21 bits per heavy atom. The Morgan fingerprint density at radius 3 is 2.62 bits per heavy atom. The number of nitrogens with zero attached hydrogens (tertiary/aromatic N) is 2. The zero-order valence-electron chi connectivity index (χ0n) is 16.2. The van der Waals surface area contributed by atoms with Crippen molar-refractivity contribution in [2.24, 2.45) is 5.92 Å². The first-order valence-corrected chi connectivity index (χ1v) is 9.74. The molecule has 1 aliphatic carbocycles. The summed E-state index contributed by atoms with van der Waals surface area (Å²) in [7, 11) is 0. The number of aromatic nitrogens is 2. The van der Waals surface area contributed by atoms with Crippen LogP contribution in [-0.2, 0) is 12.8 Å². The zero-order chi connectivity index (χ0) is 20.9. The second-order valence-corrected chi connectivity index (χ2v) is 7.39. The summed E-state index contributed by atoms with van der Waals surface area (Å²) >= 11 is 0. The van der Waals surface area contributed by atoms with Crippen LogP contribution in [0.5, 0.6) is 5.75 Å². The van der Waals surface area contributed by atoms with Crippen LogP contribution in [-0.4, -0.2) is 21.9 Å². The van der Waals surface area contributed by atoms with Crippen LogP contribution in [0.25, 0.3) is 0 Å². The molecule has 1 aliphatic rings. The number of carbonyl (C=O) groups is 1. The fraction of sp³-hybridized carbons (Fsp3) is 0.476. The van der Waals surface area contributed by atoms with Crippen molar-refractivity contribution in [1.82, 2.24) is 15.3 Å². The van der Waals surface area contributed by atoms with E-state index in [1.165, 1.54) is 31.7 Å². The van der Waals surface area contributed by atoms with Gasteiger partial charge in [0.1, 0.15) is 12.4 Å². The molecule has 0 aromatic carbocycles. The van der Waals surface area contributed by atoms with Gasteiger partial charge >= 0.3 is 6.18 Å². The third-order valence-electron chi connectivity index (χ3n) is 5.23. The lowest BCUT2D eigenvalue weighted by molar-refractivity contribution is -0.138. The third-order valence-corrected chi connectivity index (χ3v) is 5.23. The molecule has 0 saturated heterocycles. The second kappa shape index (κ2) is 9.24. The second-order valence-electron chi connectivity index (χ2n) is 7.39. The lowest BCUT2D eigenvalue weighted by Crippen LogP contribution is -2.38. The van der Waals surface area contributed by atoms with Gasteiger partial charge in [-0.05, 0) is 43.9 Å². The van der Waals surface area contributed by atoms with E-state index in [1.54, 1.807) is 12.1 Å². The monoisotopic (exact) mass is 407 g/mol. The molecule has 2 aromatic rings. The predicted octanol–water partition coefficient (Wildman–Crippen LogP) is 4.77. The van der Waals surface area contributed by atoms with E-state index in [9.17, 15) is 18.0 Å². The van der Waals surface area contributed by atoms with Crippen LogP contribution in [0.2, 0.25) is 0 Å². The Labute approximate surface area is 167 Å². The van der Waals surface area contributed by atoms with E-state index in [4.69, 9.17) is 4.74 Å². The first kappa shape index (κ1) is 21.1. The van der Waals surface area contributed by atoms with E-state index in [-0.39, 0.29) is 24.3 Å². The molecule has 29 heavy (non-hydrogen) atoms. The summed E-state index contributed by atoms with van der Waals surface area (Å²) in [5.41, 5.74) is 0.0681. The van der Waals surface area contributed by atoms with E-state index < -0.39 is 11.7 Å². The molecule has 2 aromatic heterocycles. The molecule has 8 heteroatoms. The Hall–Kier alpha value is -2.64. The summed E-state index contributed by atoms with van der Waals surface area (Å²) in [4.78, 5) is 20.1. The number of rotatable bonds is 6. The SMILES string of the molecule is CC(NC(=O)c1ccc(COc2cncc(C(F)(F)F)c2)nc1)C1CCCCC1.